The fourth-order valence-corrected chi connectivity index (χ4v) is 2.72. The number of benzene rings is 1. The molecule has 1 fully saturated rings. The Balaban J connectivity index is 2.31. The lowest BCUT2D eigenvalue weighted by atomic mass is 9.95. The summed E-state index contributed by atoms with van der Waals surface area (Å²) in [7, 11) is 1.64. The van der Waals surface area contributed by atoms with Crippen LogP contribution in [0.2, 0.25) is 0 Å². The van der Waals surface area contributed by atoms with E-state index < -0.39 is 0 Å². The molecule has 1 heterocycles. The maximum absolute atomic E-state index is 11.8. The standard InChI is InChI=1S/C16H19N3O2/c1-11(20)12-5-6-13(9-17)15(8-12)19-7-3-4-14(10-19)16(21)18-2/h5-6,8,14H,3-4,7,10H2,1-2H3,(H,18,21). The third-order valence-electron chi connectivity index (χ3n) is 3.90. The molecule has 0 bridgehead atoms. The predicted octanol–water partition coefficient (Wildman–Crippen LogP) is 1.72. The van der Waals surface area contributed by atoms with Gasteiger partial charge >= 0.3 is 0 Å². The molecule has 5 heteroatoms. The minimum atomic E-state index is -0.0729. The van der Waals surface area contributed by atoms with Crippen molar-refractivity contribution in [3.05, 3.63) is 29.3 Å². The molecule has 1 unspecified atom stereocenters. The minimum absolute atomic E-state index is 0.0272. The summed E-state index contributed by atoms with van der Waals surface area (Å²) < 4.78 is 0. The van der Waals surface area contributed by atoms with Gasteiger partial charge in [-0.2, -0.15) is 5.26 Å². The fourth-order valence-electron chi connectivity index (χ4n) is 2.72. The highest BCUT2D eigenvalue weighted by Crippen LogP contribution is 2.27. The number of carbonyl (C=O) groups excluding carboxylic acids is 2. The van der Waals surface area contributed by atoms with Crippen LogP contribution < -0.4 is 10.2 Å². The number of carbonyl (C=O) groups is 2. The zero-order valence-corrected chi connectivity index (χ0v) is 12.3. The number of nitrogens with one attached hydrogen (secondary N) is 1. The van der Waals surface area contributed by atoms with Crippen molar-refractivity contribution in [3.63, 3.8) is 0 Å². The van der Waals surface area contributed by atoms with Gasteiger partial charge in [0, 0.05) is 25.7 Å². The van der Waals surface area contributed by atoms with Crippen LogP contribution >= 0.6 is 0 Å². The van der Waals surface area contributed by atoms with Crippen molar-refractivity contribution in [1.29, 1.82) is 5.26 Å². The van der Waals surface area contributed by atoms with Crippen molar-refractivity contribution >= 4 is 17.4 Å². The first-order valence-electron chi connectivity index (χ1n) is 7.08. The maximum Gasteiger partial charge on any atom is 0.224 e. The average Bonchev–Trinajstić information content (AvgIpc) is 2.53. The Bertz CT molecular complexity index is 604. The van der Waals surface area contributed by atoms with E-state index in [0.29, 0.717) is 17.7 Å². The van der Waals surface area contributed by atoms with Gasteiger partial charge in [0.05, 0.1) is 17.2 Å². The van der Waals surface area contributed by atoms with Crippen LogP contribution in [-0.2, 0) is 4.79 Å². The molecular weight excluding hydrogens is 266 g/mol. The van der Waals surface area contributed by atoms with Crippen molar-refractivity contribution in [2.45, 2.75) is 19.8 Å². The molecule has 1 aromatic rings. The fraction of sp³-hybridized carbons (Fsp3) is 0.438. The highest BCUT2D eigenvalue weighted by Gasteiger charge is 2.26. The zero-order chi connectivity index (χ0) is 15.4. The SMILES string of the molecule is CNC(=O)C1CCCN(c2cc(C(C)=O)ccc2C#N)C1. The molecule has 110 valence electrons. The number of Topliss-reactive ketones (excluding diaryl/α,β-unsaturated/α-hetero) is 1. The Kier molecular flexibility index (Phi) is 4.59. The van der Waals surface area contributed by atoms with Crippen molar-refractivity contribution < 1.29 is 9.59 Å². The van der Waals surface area contributed by atoms with Gasteiger partial charge in [0.2, 0.25) is 5.91 Å². The normalized spacial score (nSPS) is 18.0. The smallest absolute Gasteiger partial charge is 0.224 e. The molecule has 1 aliphatic heterocycles. The topological polar surface area (TPSA) is 73.2 Å². The predicted molar refractivity (Wildman–Crippen MR) is 80.2 cm³/mol. The van der Waals surface area contributed by atoms with E-state index in [9.17, 15) is 14.9 Å². The summed E-state index contributed by atoms with van der Waals surface area (Å²) in [6.45, 7) is 2.88. The van der Waals surface area contributed by atoms with E-state index in [1.807, 2.05) is 4.90 Å². The second kappa shape index (κ2) is 6.40. The van der Waals surface area contributed by atoms with Gasteiger partial charge in [0.15, 0.2) is 5.78 Å². The summed E-state index contributed by atoms with van der Waals surface area (Å²) in [5, 5.41) is 11.9. The van der Waals surface area contributed by atoms with E-state index in [-0.39, 0.29) is 17.6 Å². The number of hydrogen-bond donors (Lipinski definition) is 1. The average molecular weight is 285 g/mol. The van der Waals surface area contributed by atoms with E-state index in [4.69, 9.17) is 0 Å². The van der Waals surface area contributed by atoms with E-state index in [2.05, 4.69) is 11.4 Å². The molecule has 21 heavy (non-hydrogen) atoms. The van der Waals surface area contributed by atoms with Crippen LogP contribution in [0.3, 0.4) is 0 Å². The Morgan fingerprint density at radius 2 is 2.19 bits per heavy atom. The molecule has 1 aromatic carbocycles. The summed E-state index contributed by atoms with van der Waals surface area (Å²) >= 11 is 0. The van der Waals surface area contributed by atoms with E-state index in [1.54, 1.807) is 25.2 Å². The highest BCUT2D eigenvalue weighted by molar-refractivity contribution is 5.95. The van der Waals surface area contributed by atoms with Crippen LogP contribution in [-0.4, -0.2) is 31.8 Å². The Hall–Kier alpha value is -2.35. The summed E-state index contributed by atoms with van der Waals surface area (Å²) in [5.41, 5.74) is 1.88. The van der Waals surface area contributed by atoms with E-state index in [1.165, 1.54) is 6.92 Å². The molecule has 1 saturated heterocycles. The van der Waals surface area contributed by atoms with Crippen molar-refractivity contribution in [2.75, 3.05) is 25.0 Å². The molecule has 1 aliphatic rings. The second-order valence-electron chi connectivity index (χ2n) is 5.30. The Labute approximate surface area is 124 Å². The molecule has 0 spiro atoms. The number of amides is 1. The lowest BCUT2D eigenvalue weighted by Crippen LogP contribution is -2.42. The van der Waals surface area contributed by atoms with Gasteiger partial charge in [0.25, 0.3) is 0 Å². The number of nitrogens with zero attached hydrogens (tertiary/aromatic N) is 2. The zero-order valence-electron chi connectivity index (χ0n) is 12.3. The van der Waals surface area contributed by atoms with Gasteiger partial charge in [-0.1, -0.05) is 0 Å². The minimum Gasteiger partial charge on any atom is -0.370 e. The number of piperidine rings is 1. The van der Waals surface area contributed by atoms with Gasteiger partial charge in [-0.3, -0.25) is 9.59 Å². The number of nitriles is 1. The molecule has 0 aliphatic carbocycles. The second-order valence-corrected chi connectivity index (χ2v) is 5.30. The van der Waals surface area contributed by atoms with Gasteiger partial charge in [-0.15, -0.1) is 0 Å². The lowest BCUT2D eigenvalue weighted by Gasteiger charge is -2.34. The summed E-state index contributed by atoms with van der Waals surface area (Å²) in [6.07, 6.45) is 1.75. The first-order chi connectivity index (χ1) is 10.1. The van der Waals surface area contributed by atoms with Crippen LogP contribution in [0.5, 0.6) is 0 Å². The van der Waals surface area contributed by atoms with Crippen LogP contribution in [0.4, 0.5) is 5.69 Å². The molecule has 0 saturated carbocycles. The Morgan fingerprint density at radius 3 is 2.81 bits per heavy atom. The van der Waals surface area contributed by atoms with Crippen molar-refractivity contribution in [1.82, 2.24) is 5.32 Å². The monoisotopic (exact) mass is 285 g/mol. The number of rotatable bonds is 3. The molecule has 0 radical (unpaired) electrons. The summed E-state index contributed by atoms with van der Waals surface area (Å²) in [5.74, 6) is -0.0715. The van der Waals surface area contributed by atoms with Crippen molar-refractivity contribution in [2.24, 2.45) is 5.92 Å². The molecule has 5 nitrogen and oxygen atoms in total. The number of ketones is 1. The third-order valence-corrected chi connectivity index (χ3v) is 3.90. The largest absolute Gasteiger partial charge is 0.370 e. The molecule has 2 rings (SSSR count). The van der Waals surface area contributed by atoms with E-state index >= 15 is 0 Å². The molecule has 0 aromatic heterocycles. The van der Waals surface area contributed by atoms with Crippen LogP contribution in [0.25, 0.3) is 0 Å². The number of hydrogen-bond acceptors (Lipinski definition) is 4. The van der Waals surface area contributed by atoms with Crippen molar-refractivity contribution in [3.8, 4) is 6.07 Å². The van der Waals surface area contributed by atoms with Gasteiger partial charge in [-0.05, 0) is 38.0 Å². The van der Waals surface area contributed by atoms with Crippen LogP contribution in [0.1, 0.15) is 35.7 Å². The first-order valence-corrected chi connectivity index (χ1v) is 7.08. The first kappa shape index (κ1) is 15.0. The molecular formula is C16H19N3O2. The van der Waals surface area contributed by atoms with E-state index in [0.717, 1.165) is 25.1 Å². The quantitative estimate of drug-likeness (QED) is 0.858. The maximum atomic E-state index is 11.8. The van der Waals surface area contributed by atoms with Gasteiger partial charge < -0.3 is 10.2 Å². The highest BCUT2D eigenvalue weighted by atomic mass is 16.1. The summed E-state index contributed by atoms with van der Waals surface area (Å²) in [4.78, 5) is 25.4. The molecule has 1 N–H and O–H groups in total. The molecule has 1 atom stereocenters. The van der Waals surface area contributed by atoms with Gasteiger partial charge in [0.1, 0.15) is 6.07 Å². The van der Waals surface area contributed by atoms with Crippen LogP contribution in [0.15, 0.2) is 18.2 Å². The number of anilines is 1. The lowest BCUT2D eigenvalue weighted by molar-refractivity contribution is -0.124. The summed E-state index contributed by atoms with van der Waals surface area (Å²) in [6, 6.07) is 7.27. The molecule has 1 amide bonds. The van der Waals surface area contributed by atoms with Gasteiger partial charge in [-0.25, -0.2) is 0 Å². The Morgan fingerprint density at radius 1 is 1.43 bits per heavy atom. The third kappa shape index (κ3) is 3.22. The van der Waals surface area contributed by atoms with Crippen LogP contribution in [0, 0.1) is 17.2 Å².